The first kappa shape index (κ1) is 12.0. The lowest BCUT2D eigenvalue weighted by Gasteiger charge is -2.11. The molecule has 0 saturated heterocycles. The van der Waals surface area contributed by atoms with E-state index in [-0.39, 0.29) is 11.5 Å². The van der Waals surface area contributed by atoms with Gasteiger partial charge in [-0.3, -0.25) is 0 Å². The normalized spacial score (nSPS) is 11.4. The Morgan fingerprint density at radius 1 is 1.12 bits per heavy atom. The van der Waals surface area contributed by atoms with Gasteiger partial charge in [0.2, 0.25) is 0 Å². The van der Waals surface area contributed by atoms with E-state index in [1.54, 1.807) is 6.07 Å². The first-order valence-corrected chi connectivity index (χ1v) is 6.18. The SMILES string of the molecule is CC=CCc1c(Br)c(O)c(O)c2ccccc12. The Morgan fingerprint density at radius 2 is 1.76 bits per heavy atom. The number of benzene rings is 2. The molecular formula is C14H13BrO2. The van der Waals surface area contributed by atoms with E-state index < -0.39 is 0 Å². The van der Waals surface area contributed by atoms with Gasteiger partial charge in [-0.1, -0.05) is 36.4 Å². The molecule has 0 spiro atoms. The Balaban J connectivity index is 2.80. The van der Waals surface area contributed by atoms with Crippen molar-refractivity contribution in [3.63, 3.8) is 0 Å². The fourth-order valence-corrected chi connectivity index (χ4v) is 2.44. The van der Waals surface area contributed by atoms with Gasteiger partial charge in [0.25, 0.3) is 0 Å². The number of hydrogen-bond donors (Lipinski definition) is 2. The van der Waals surface area contributed by atoms with Crippen LogP contribution in [0, 0.1) is 0 Å². The average molecular weight is 293 g/mol. The molecule has 2 nitrogen and oxygen atoms in total. The van der Waals surface area contributed by atoms with Crippen LogP contribution < -0.4 is 0 Å². The van der Waals surface area contributed by atoms with Crippen LogP contribution in [0.3, 0.4) is 0 Å². The lowest BCUT2D eigenvalue weighted by Crippen LogP contribution is -1.89. The van der Waals surface area contributed by atoms with E-state index in [0.29, 0.717) is 16.3 Å². The monoisotopic (exact) mass is 292 g/mol. The van der Waals surface area contributed by atoms with E-state index >= 15 is 0 Å². The molecule has 0 bridgehead atoms. The summed E-state index contributed by atoms with van der Waals surface area (Å²) in [7, 11) is 0. The molecule has 0 saturated carbocycles. The van der Waals surface area contributed by atoms with Gasteiger partial charge < -0.3 is 10.2 Å². The first-order valence-electron chi connectivity index (χ1n) is 5.39. The summed E-state index contributed by atoms with van der Waals surface area (Å²) in [4.78, 5) is 0. The van der Waals surface area contributed by atoms with Gasteiger partial charge >= 0.3 is 0 Å². The lowest BCUT2D eigenvalue weighted by atomic mass is 10.0. The number of phenols is 2. The van der Waals surface area contributed by atoms with Gasteiger partial charge in [-0.2, -0.15) is 0 Å². The highest BCUT2D eigenvalue weighted by atomic mass is 79.9. The second kappa shape index (κ2) is 4.80. The smallest absolute Gasteiger partial charge is 0.172 e. The molecular weight excluding hydrogens is 280 g/mol. The van der Waals surface area contributed by atoms with Gasteiger partial charge in [0, 0.05) is 5.39 Å². The van der Waals surface area contributed by atoms with Crippen molar-refractivity contribution in [1.29, 1.82) is 0 Å². The van der Waals surface area contributed by atoms with Crippen LogP contribution in [-0.4, -0.2) is 10.2 Å². The van der Waals surface area contributed by atoms with E-state index in [1.807, 2.05) is 37.3 Å². The molecule has 0 fully saturated rings. The van der Waals surface area contributed by atoms with Gasteiger partial charge in [-0.05, 0) is 40.2 Å². The molecule has 2 rings (SSSR count). The number of halogens is 1. The molecule has 2 aromatic rings. The molecule has 0 radical (unpaired) electrons. The van der Waals surface area contributed by atoms with Crippen LogP contribution in [0.25, 0.3) is 10.8 Å². The predicted molar refractivity (Wildman–Crippen MR) is 73.5 cm³/mol. The predicted octanol–water partition coefficient (Wildman–Crippen LogP) is 4.13. The average Bonchev–Trinajstić information content (AvgIpc) is 2.36. The summed E-state index contributed by atoms with van der Waals surface area (Å²) in [6, 6.07) is 7.51. The zero-order chi connectivity index (χ0) is 12.4. The lowest BCUT2D eigenvalue weighted by molar-refractivity contribution is 0.405. The molecule has 0 aliphatic heterocycles. The highest BCUT2D eigenvalue weighted by molar-refractivity contribution is 9.10. The zero-order valence-electron chi connectivity index (χ0n) is 9.44. The van der Waals surface area contributed by atoms with Crippen LogP contribution in [0.15, 0.2) is 40.9 Å². The topological polar surface area (TPSA) is 40.5 Å². The van der Waals surface area contributed by atoms with Crippen molar-refractivity contribution in [1.82, 2.24) is 0 Å². The number of fused-ring (bicyclic) bond motifs is 1. The van der Waals surface area contributed by atoms with E-state index in [9.17, 15) is 10.2 Å². The second-order valence-corrected chi connectivity index (χ2v) is 4.60. The van der Waals surface area contributed by atoms with Crippen molar-refractivity contribution >= 4 is 26.7 Å². The molecule has 0 aliphatic rings. The van der Waals surface area contributed by atoms with Crippen LogP contribution in [0.1, 0.15) is 12.5 Å². The third-order valence-corrected chi connectivity index (χ3v) is 3.62. The molecule has 3 heteroatoms. The molecule has 17 heavy (non-hydrogen) atoms. The molecule has 0 aliphatic carbocycles. The van der Waals surface area contributed by atoms with E-state index in [2.05, 4.69) is 15.9 Å². The summed E-state index contributed by atoms with van der Waals surface area (Å²) in [6.45, 7) is 1.95. The molecule has 2 aromatic carbocycles. The summed E-state index contributed by atoms with van der Waals surface area (Å²) >= 11 is 3.34. The van der Waals surface area contributed by atoms with Gasteiger partial charge in [0.1, 0.15) is 0 Å². The van der Waals surface area contributed by atoms with Crippen molar-refractivity contribution in [3.8, 4) is 11.5 Å². The van der Waals surface area contributed by atoms with Gasteiger partial charge in [-0.15, -0.1) is 0 Å². The quantitative estimate of drug-likeness (QED) is 0.645. The van der Waals surface area contributed by atoms with Crippen LogP contribution in [-0.2, 0) is 6.42 Å². The minimum atomic E-state index is -0.0943. The van der Waals surface area contributed by atoms with Crippen LogP contribution in [0.4, 0.5) is 0 Å². The molecule has 0 heterocycles. The molecule has 0 aromatic heterocycles. The number of allylic oxidation sites excluding steroid dienone is 2. The van der Waals surface area contributed by atoms with Gasteiger partial charge in [0.05, 0.1) is 4.47 Å². The van der Waals surface area contributed by atoms with Crippen molar-refractivity contribution < 1.29 is 10.2 Å². The maximum Gasteiger partial charge on any atom is 0.172 e. The third kappa shape index (κ3) is 2.03. The van der Waals surface area contributed by atoms with E-state index in [4.69, 9.17) is 0 Å². The molecule has 2 N–H and O–H groups in total. The fraction of sp³-hybridized carbons (Fsp3) is 0.143. The summed E-state index contributed by atoms with van der Waals surface area (Å²) in [6.07, 6.45) is 4.69. The third-order valence-electron chi connectivity index (χ3n) is 2.76. The van der Waals surface area contributed by atoms with E-state index in [1.165, 1.54) is 0 Å². The summed E-state index contributed by atoms with van der Waals surface area (Å²) in [5, 5.41) is 21.4. The van der Waals surface area contributed by atoms with E-state index in [0.717, 1.165) is 10.9 Å². The number of rotatable bonds is 2. The number of phenolic OH excluding ortho intramolecular Hbond substituents is 2. The second-order valence-electron chi connectivity index (χ2n) is 3.81. The largest absolute Gasteiger partial charge is 0.504 e. The van der Waals surface area contributed by atoms with Crippen LogP contribution in [0.5, 0.6) is 11.5 Å². The van der Waals surface area contributed by atoms with Crippen molar-refractivity contribution in [2.24, 2.45) is 0 Å². The molecule has 0 unspecified atom stereocenters. The fourth-order valence-electron chi connectivity index (χ4n) is 1.88. The first-order chi connectivity index (χ1) is 8.16. The number of aromatic hydroxyl groups is 2. The standard InChI is InChI=1S/C14H13BrO2/c1-2-3-6-10-9-7-4-5-8-11(9)13(16)14(17)12(10)15/h2-5,7-8,16-17H,6H2,1H3. The van der Waals surface area contributed by atoms with Crippen molar-refractivity contribution in [2.45, 2.75) is 13.3 Å². The minimum absolute atomic E-state index is 0.0725. The molecule has 88 valence electrons. The minimum Gasteiger partial charge on any atom is -0.504 e. The van der Waals surface area contributed by atoms with Crippen molar-refractivity contribution in [3.05, 3.63) is 46.5 Å². The Bertz CT molecular complexity index is 588. The van der Waals surface area contributed by atoms with Crippen molar-refractivity contribution in [2.75, 3.05) is 0 Å². The summed E-state index contributed by atoms with van der Waals surface area (Å²) in [5.41, 5.74) is 0.981. The number of hydrogen-bond acceptors (Lipinski definition) is 2. The zero-order valence-corrected chi connectivity index (χ0v) is 11.0. The summed E-state index contributed by atoms with van der Waals surface area (Å²) in [5.74, 6) is -0.167. The summed E-state index contributed by atoms with van der Waals surface area (Å²) < 4.78 is 0.562. The van der Waals surface area contributed by atoms with Gasteiger partial charge in [-0.25, -0.2) is 0 Å². The maximum absolute atomic E-state index is 9.89. The van der Waals surface area contributed by atoms with Crippen LogP contribution in [0.2, 0.25) is 0 Å². The Hall–Kier alpha value is -1.48. The highest BCUT2D eigenvalue weighted by Crippen LogP contribution is 2.43. The highest BCUT2D eigenvalue weighted by Gasteiger charge is 2.15. The van der Waals surface area contributed by atoms with Gasteiger partial charge in [0.15, 0.2) is 11.5 Å². The Labute approximate surface area is 108 Å². The Morgan fingerprint density at radius 3 is 2.41 bits per heavy atom. The molecule has 0 amide bonds. The molecule has 0 atom stereocenters. The van der Waals surface area contributed by atoms with Crippen LogP contribution >= 0.6 is 15.9 Å². The Kier molecular flexibility index (Phi) is 3.38. The maximum atomic E-state index is 9.89.